The summed E-state index contributed by atoms with van der Waals surface area (Å²) in [6.45, 7) is 5.46. The van der Waals surface area contributed by atoms with Crippen LogP contribution in [-0.2, 0) is 17.8 Å². The second-order valence-electron chi connectivity index (χ2n) is 8.09. The molecule has 0 fully saturated rings. The molecule has 34 heavy (non-hydrogen) atoms. The lowest BCUT2D eigenvalue weighted by Crippen LogP contribution is -2.37. The number of H-pyrrole nitrogens is 1. The Bertz CT molecular complexity index is 1330. The number of hydrogen-bond acceptors (Lipinski definition) is 7. The molecule has 1 aliphatic rings. The smallest absolute Gasteiger partial charge is 0.337 e. The first kappa shape index (κ1) is 21.7. The molecule has 3 N–H and O–H groups in total. The lowest BCUT2D eigenvalue weighted by Gasteiger charge is -2.26. The molecular weight excluding hydrogens is 434 g/mol. The van der Waals surface area contributed by atoms with Crippen LogP contribution in [0.25, 0.3) is 22.6 Å². The maximum atomic E-state index is 11.8. The first-order chi connectivity index (χ1) is 16.5. The van der Waals surface area contributed by atoms with Gasteiger partial charge in [-0.2, -0.15) is 5.21 Å². The molecule has 0 saturated heterocycles. The maximum Gasteiger partial charge on any atom is 0.337 e. The zero-order chi connectivity index (χ0) is 23.8. The maximum absolute atomic E-state index is 11.8. The number of nitrogens with one attached hydrogen (secondary N) is 2. The summed E-state index contributed by atoms with van der Waals surface area (Å²) in [4.78, 5) is 13.8. The molecule has 10 heteroatoms. The Morgan fingerprint density at radius 1 is 1.21 bits per heavy atom. The van der Waals surface area contributed by atoms with Gasteiger partial charge in [0.05, 0.1) is 22.6 Å². The monoisotopic (exact) mass is 459 g/mol. The summed E-state index contributed by atoms with van der Waals surface area (Å²) in [5.74, 6) is -0.418. The third-order valence-corrected chi connectivity index (χ3v) is 6.13. The van der Waals surface area contributed by atoms with Crippen LogP contribution in [0.3, 0.4) is 0 Å². The van der Waals surface area contributed by atoms with Gasteiger partial charge in [-0.3, -0.25) is 0 Å². The third kappa shape index (κ3) is 3.57. The van der Waals surface area contributed by atoms with Crippen LogP contribution in [0.2, 0.25) is 0 Å². The fourth-order valence-corrected chi connectivity index (χ4v) is 4.63. The van der Waals surface area contributed by atoms with Gasteiger partial charge in [0.25, 0.3) is 0 Å². The Morgan fingerprint density at radius 2 is 2.00 bits per heavy atom. The summed E-state index contributed by atoms with van der Waals surface area (Å²) in [5, 5.41) is 27.5. The molecule has 1 aliphatic heterocycles. The number of benzene rings is 2. The third-order valence-electron chi connectivity index (χ3n) is 6.13. The van der Waals surface area contributed by atoms with Crippen LogP contribution in [0.1, 0.15) is 28.5 Å². The van der Waals surface area contributed by atoms with Crippen molar-refractivity contribution in [2.45, 2.75) is 33.3 Å². The minimum Gasteiger partial charge on any atom is -0.478 e. The molecule has 4 aromatic rings. The first-order valence-electron chi connectivity index (χ1n) is 11.0. The predicted octanol–water partition coefficient (Wildman–Crippen LogP) is 3.72. The van der Waals surface area contributed by atoms with E-state index in [0.29, 0.717) is 18.1 Å². The number of aromatic carboxylic acids is 1. The van der Waals surface area contributed by atoms with Crippen LogP contribution >= 0.6 is 0 Å². The van der Waals surface area contributed by atoms with Crippen molar-refractivity contribution in [3.05, 3.63) is 65.4 Å². The molecule has 0 amide bonds. The number of anilines is 2. The number of methoxy groups -OCH3 is 1. The summed E-state index contributed by atoms with van der Waals surface area (Å²) in [6, 6.07) is 15.5. The Hall–Kier alpha value is -4.18. The van der Waals surface area contributed by atoms with Gasteiger partial charge in [0.1, 0.15) is 0 Å². The van der Waals surface area contributed by atoms with Gasteiger partial charge in [-0.25, -0.2) is 4.79 Å². The highest BCUT2D eigenvalue weighted by molar-refractivity contribution is 5.99. The van der Waals surface area contributed by atoms with Crippen molar-refractivity contribution in [1.82, 2.24) is 25.2 Å². The van der Waals surface area contributed by atoms with E-state index in [0.717, 1.165) is 40.3 Å². The highest BCUT2D eigenvalue weighted by Gasteiger charge is 2.32. The van der Waals surface area contributed by atoms with Crippen LogP contribution in [0.4, 0.5) is 11.4 Å². The second kappa shape index (κ2) is 8.64. The Labute approximate surface area is 196 Å². The van der Waals surface area contributed by atoms with E-state index in [9.17, 15) is 9.90 Å². The van der Waals surface area contributed by atoms with Crippen molar-refractivity contribution in [1.29, 1.82) is 0 Å². The zero-order valence-corrected chi connectivity index (χ0v) is 19.1. The number of ether oxygens (including phenoxy) is 1. The summed E-state index contributed by atoms with van der Waals surface area (Å²) in [6.07, 6.45) is -0.458. The highest BCUT2D eigenvalue weighted by Crippen LogP contribution is 2.39. The number of nitrogens with zero attached hydrogens (tertiary/aromatic N) is 5. The van der Waals surface area contributed by atoms with E-state index >= 15 is 0 Å². The number of carbonyl (C=O) groups is 1. The molecule has 0 saturated carbocycles. The number of aromatic nitrogens is 5. The SMILES string of the molecule is CCn1c(C)cc(-c2nn[nH]n2)c1-c1ccc(CN2c3c(cccc3C(=O)O)NC2OC)cc1. The Kier molecular flexibility index (Phi) is 5.50. The van der Waals surface area contributed by atoms with Crippen LogP contribution in [0.15, 0.2) is 48.5 Å². The second-order valence-corrected chi connectivity index (χ2v) is 8.09. The van der Waals surface area contributed by atoms with Crippen LogP contribution in [0, 0.1) is 6.92 Å². The van der Waals surface area contributed by atoms with E-state index in [1.807, 2.05) is 23.1 Å². The standard InChI is InChI=1S/C24H25N7O3/c1-4-30-14(2)12-18(22-26-28-29-27-22)20(30)16-10-8-15(9-11-16)13-31-21-17(23(32)33)6-5-7-19(21)25-24(31)34-3/h5-12,24-25H,4,13H2,1-3H3,(H,32,33)(H,26,27,28,29). The molecule has 2 aromatic carbocycles. The van der Waals surface area contributed by atoms with Gasteiger partial charge < -0.3 is 24.6 Å². The number of hydrogen-bond donors (Lipinski definition) is 3. The summed E-state index contributed by atoms with van der Waals surface area (Å²) in [5.41, 5.74) is 6.73. The normalized spacial score (nSPS) is 14.8. The van der Waals surface area contributed by atoms with E-state index < -0.39 is 12.3 Å². The van der Waals surface area contributed by atoms with Gasteiger partial charge >= 0.3 is 5.97 Å². The molecule has 5 rings (SSSR count). The number of fused-ring (bicyclic) bond motifs is 1. The minimum atomic E-state index is -0.972. The summed E-state index contributed by atoms with van der Waals surface area (Å²) in [7, 11) is 1.60. The number of para-hydroxylation sites is 1. The van der Waals surface area contributed by atoms with Gasteiger partial charge in [0, 0.05) is 31.5 Å². The molecule has 0 bridgehead atoms. The van der Waals surface area contributed by atoms with Crippen molar-refractivity contribution >= 4 is 17.3 Å². The Morgan fingerprint density at radius 3 is 2.65 bits per heavy atom. The molecule has 0 radical (unpaired) electrons. The molecular formula is C24H25N7O3. The van der Waals surface area contributed by atoms with Gasteiger partial charge in [-0.05, 0) is 48.4 Å². The van der Waals surface area contributed by atoms with Gasteiger partial charge in [-0.1, -0.05) is 30.3 Å². The first-order valence-corrected chi connectivity index (χ1v) is 11.0. The van der Waals surface area contributed by atoms with Gasteiger partial charge in [0.2, 0.25) is 12.2 Å². The van der Waals surface area contributed by atoms with Gasteiger partial charge in [0.15, 0.2) is 0 Å². The molecule has 0 spiro atoms. The molecule has 174 valence electrons. The zero-order valence-electron chi connectivity index (χ0n) is 19.1. The number of aryl methyl sites for hydroxylation is 1. The summed E-state index contributed by atoms with van der Waals surface area (Å²) < 4.78 is 7.82. The number of carboxylic acid groups (broad SMARTS) is 1. The number of rotatable bonds is 7. The number of tetrazole rings is 1. The largest absolute Gasteiger partial charge is 0.478 e. The summed E-state index contributed by atoms with van der Waals surface area (Å²) >= 11 is 0. The fourth-order valence-electron chi connectivity index (χ4n) is 4.63. The quantitative estimate of drug-likeness (QED) is 0.382. The molecule has 2 aromatic heterocycles. The minimum absolute atomic E-state index is 0.238. The fraction of sp³-hybridized carbons (Fsp3) is 0.250. The molecule has 1 unspecified atom stereocenters. The van der Waals surface area contributed by atoms with E-state index in [1.165, 1.54) is 0 Å². The van der Waals surface area contributed by atoms with Crippen molar-refractivity contribution in [3.8, 4) is 22.6 Å². The number of aromatic amines is 1. The van der Waals surface area contributed by atoms with Crippen LogP contribution in [0.5, 0.6) is 0 Å². The van der Waals surface area contributed by atoms with Crippen molar-refractivity contribution in [3.63, 3.8) is 0 Å². The molecule has 0 aliphatic carbocycles. The van der Waals surface area contributed by atoms with Crippen molar-refractivity contribution < 1.29 is 14.6 Å². The van der Waals surface area contributed by atoms with Crippen LogP contribution in [-0.4, -0.2) is 49.7 Å². The Balaban J connectivity index is 1.49. The number of carboxylic acids is 1. The van der Waals surface area contributed by atoms with E-state index in [2.05, 4.69) is 62.6 Å². The van der Waals surface area contributed by atoms with E-state index in [-0.39, 0.29) is 5.56 Å². The van der Waals surface area contributed by atoms with Crippen LogP contribution < -0.4 is 10.2 Å². The van der Waals surface area contributed by atoms with Gasteiger partial charge in [-0.15, -0.1) is 10.2 Å². The lowest BCUT2D eigenvalue weighted by atomic mass is 10.0. The van der Waals surface area contributed by atoms with Crippen molar-refractivity contribution in [2.24, 2.45) is 0 Å². The average Bonchev–Trinajstić information content (AvgIpc) is 3.57. The van der Waals surface area contributed by atoms with E-state index in [4.69, 9.17) is 4.74 Å². The topological polar surface area (TPSA) is 121 Å². The predicted molar refractivity (Wildman–Crippen MR) is 127 cm³/mol. The molecule has 1 atom stereocenters. The highest BCUT2D eigenvalue weighted by atomic mass is 16.5. The van der Waals surface area contributed by atoms with E-state index in [1.54, 1.807) is 19.2 Å². The van der Waals surface area contributed by atoms with Crippen molar-refractivity contribution in [2.75, 3.05) is 17.3 Å². The molecule has 10 nitrogen and oxygen atoms in total. The average molecular weight is 460 g/mol. The lowest BCUT2D eigenvalue weighted by molar-refractivity contribution is 0.0696. The molecule has 3 heterocycles.